The van der Waals surface area contributed by atoms with E-state index in [1.54, 1.807) is 0 Å². The Bertz CT molecular complexity index is 415. The molecule has 0 aliphatic rings. The van der Waals surface area contributed by atoms with Gasteiger partial charge in [0.05, 0.1) is 0 Å². The maximum absolute atomic E-state index is 11.6. The summed E-state index contributed by atoms with van der Waals surface area (Å²) in [5, 5.41) is 6.31. The van der Waals surface area contributed by atoms with E-state index in [9.17, 15) is 4.79 Å². The minimum absolute atomic E-state index is 0.0943. The van der Waals surface area contributed by atoms with Crippen LogP contribution in [-0.2, 0) is 11.3 Å². The van der Waals surface area contributed by atoms with E-state index in [2.05, 4.69) is 41.8 Å². The van der Waals surface area contributed by atoms with Gasteiger partial charge in [0.25, 0.3) is 0 Å². The summed E-state index contributed by atoms with van der Waals surface area (Å²) in [5.41, 5.74) is 2.23. The highest BCUT2D eigenvalue weighted by molar-refractivity contribution is 5.76. The Morgan fingerprint density at radius 1 is 1.00 bits per heavy atom. The van der Waals surface area contributed by atoms with Crippen molar-refractivity contribution < 1.29 is 4.79 Å². The molecule has 0 fully saturated rings. The van der Waals surface area contributed by atoms with Crippen LogP contribution in [-0.4, -0.2) is 63.5 Å². The monoisotopic (exact) mass is 292 g/mol. The Morgan fingerprint density at radius 2 is 1.62 bits per heavy atom. The molecule has 5 nitrogen and oxygen atoms in total. The topological polar surface area (TPSA) is 47.6 Å². The number of nitrogens with one attached hydrogen (secondary N) is 2. The van der Waals surface area contributed by atoms with Gasteiger partial charge in [0, 0.05) is 38.3 Å². The van der Waals surface area contributed by atoms with Crippen molar-refractivity contribution in [2.24, 2.45) is 0 Å². The van der Waals surface area contributed by atoms with Gasteiger partial charge in [-0.3, -0.25) is 4.79 Å². The van der Waals surface area contributed by atoms with Gasteiger partial charge < -0.3 is 20.4 Å². The number of benzene rings is 1. The molecule has 0 radical (unpaired) electrons. The van der Waals surface area contributed by atoms with Crippen molar-refractivity contribution in [2.75, 3.05) is 53.1 Å². The van der Waals surface area contributed by atoms with Gasteiger partial charge in [-0.25, -0.2) is 0 Å². The molecule has 5 heteroatoms. The highest BCUT2D eigenvalue weighted by Crippen LogP contribution is 2.09. The Labute approximate surface area is 128 Å². The van der Waals surface area contributed by atoms with Crippen LogP contribution in [0.3, 0.4) is 0 Å². The molecule has 2 N–H and O–H groups in total. The molecule has 0 bridgehead atoms. The van der Waals surface area contributed by atoms with Crippen LogP contribution >= 0.6 is 0 Å². The third kappa shape index (κ3) is 8.32. The second-order valence-electron chi connectivity index (χ2n) is 5.76. The summed E-state index contributed by atoms with van der Waals surface area (Å²) in [5.74, 6) is 0.0943. The molecule has 0 atom stereocenters. The van der Waals surface area contributed by atoms with Crippen molar-refractivity contribution >= 4 is 11.6 Å². The van der Waals surface area contributed by atoms with Gasteiger partial charge in [0.1, 0.15) is 0 Å². The number of carbonyl (C=O) groups is 1. The van der Waals surface area contributed by atoms with Gasteiger partial charge in [0.15, 0.2) is 0 Å². The Kier molecular flexibility index (Phi) is 7.79. The van der Waals surface area contributed by atoms with E-state index < -0.39 is 0 Å². The smallest absolute Gasteiger partial charge is 0.221 e. The molecule has 21 heavy (non-hydrogen) atoms. The summed E-state index contributed by atoms with van der Waals surface area (Å²) in [6, 6.07) is 8.20. The number of rotatable bonds is 9. The minimum Gasteiger partial charge on any atom is -0.384 e. The molecule has 0 heterocycles. The van der Waals surface area contributed by atoms with Crippen molar-refractivity contribution in [3.63, 3.8) is 0 Å². The Hall–Kier alpha value is -1.59. The van der Waals surface area contributed by atoms with Crippen LogP contribution < -0.4 is 10.6 Å². The molecule has 0 aliphatic heterocycles. The van der Waals surface area contributed by atoms with Crippen LogP contribution in [0, 0.1) is 0 Å². The first kappa shape index (κ1) is 17.5. The third-order valence-electron chi connectivity index (χ3n) is 3.12. The lowest BCUT2D eigenvalue weighted by Crippen LogP contribution is -2.26. The Balaban J connectivity index is 2.29. The fraction of sp³-hybridized carbons (Fsp3) is 0.562. The number of carbonyl (C=O) groups excluding carboxylic acids is 1. The first-order valence-corrected chi connectivity index (χ1v) is 7.36. The molecule has 0 aromatic heterocycles. The van der Waals surface area contributed by atoms with E-state index >= 15 is 0 Å². The van der Waals surface area contributed by atoms with E-state index in [1.807, 2.05) is 31.1 Å². The van der Waals surface area contributed by atoms with Gasteiger partial charge >= 0.3 is 0 Å². The SMILES string of the molecule is CN(C)CCNc1ccc(CNC(=O)CCN(C)C)cc1. The van der Waals surface area contributed by atoms with Gasteiger partial charge in [0.2, 0.25) is 5.91 Å². The van der Waals surface area contributed by atoms with Crippen molar-refractivity contribution in [3.05, 3.63) is 29.8 Å². The molecule has 1 amide bonds. The third-order valence-corrected chi connectivity index (χ3v) is 3.12. The standard InChI is InChI=1S/C16H28N4O/c1-19(2)11-9-16(21)18-13-14-5-7-15(8-6-14)17-10-12-20(3)4/h5-8,17H,9-13H2,1-4H3,(H,18,21). The summed E-state index contributed by atoms with van der Waals surface area (Å²) in [4.78, 5) is 15.8. The van der Waals surface area contributed by atoms with Crippen molar-refractivity contribution in [1.29, 1.82) is 0 Å². The zero-order chi connectivity index (χ0) is 15.7. The number of hydrogen-bond acceptors (Lipinski definition) is 4. The lowest BCUT2D eigenvalue weighted by Gasteiger charge is -2.12. The Morgan fingerprint density at radius 3 is 2.19 bits per heavy atom. The molecule has 1 aromatic rings. The highest BCUT2D eigenvalue weighted by atomic mass is 16.1. The summed E-state index contributed by atoms with van der Waals surface area (Å²) >= 11 is 0. The molecule has 0 aliphatic carbocycles. The summed E-state index contributed by atoms with van der Waals surface area (Å²) in [7, 11) is 8.05. The van der Waals surface area contributed by atoms with Gasteiger partial charge in [-0.05, 0) is 45.9 Å². The maximum Gasteiger partial charge on any atom is 0.221 e. The average Bonchev–Trinajstić information content (AvgIpc) is 2.44. The second-order valence-corrected chi connectivity index (χ2v) is 5.76. The van der Waals surface area contributed by atoms with Crippen molar-refractivity contribution in [2.45, 2.75) is 13.0 Å². The summed E-state index contributed by atoms with van der Waals surface area (Å²) < 4.78 is 0. The summed E-state index contributed by atoms with van der Waals surface area (Å²) in [6.45, 7) is 3.29. The maximum atomic E-state index is 11.6. The lowest BCUT2D eigenvalue weighted by atomic mass is 10.2. The number of likely N-dealkylation sites (N-methyl/N-ethyl adjacent to an activating group) is 1. The molecule has 0 saturated heterocycles. The molecule has 0 unspecified atom stereocenters. The number of nitrogens with zero attached hydrogens (tertiary/aromatic N) is 2. The lowest BCUT2D eigenvalue weighted by molar-refractivity contribution is -0.121. The predicted molar refractivity (Wildman–Crippen MR) is 88.5 cm³/mol. The molecule has 118 valence electrons. The summed E-state index contributed by atoms with van der Waals surface area (Å²) in [6.07, 6.45) is 0.539. The normalized spacial score (nSPS) is 11.0. The largest absolute Gasteiger partial charge is 0.384 e. The van der Waals surface area contributed by atoms with Crippen LogP contribution in [0.5, 0.6) is 0 Å². The van der Waals surface area contributed by atoms with Crippen LogP contribution in [0.2, 0.25) is 0 Å². The van der Waals surface area contributed by atoms with Gasteiger partial charge in [-0.1, -0.05) is 12.1 Å². The second kappa shape index (κ2) is 9.37. The van der Waals surface area contributed by atoms with Crippen molar-refractivity contribution in [3.8, 4) is 0 Å². The molecule has 1 rings (SSSR count). The zero-order valence-corrected chi connectivity index (χ0v) is 13.6. The minimum atomic E-state index is 0.0943. The fourth-order valence-electron chi connectivity index (χ4n) is 1.78. The van der Waals surface area contributed by atoms with Crippen LogP contribution in [0.1, 0.15) is 12.0 Å². The molecular weight excluding hydrogens is 264 g/mol. The van der Waals surface area contributed by atoms with Gasteiger partial charge in [-0.2, -0.15) is 0 Å². The van der Waals surface area contributed by atoms with E-state index in [0.717, 1.165) is 30.9 Å². The molecule has 0 spiro atoms. The van der Waals surface area contributed by atoms with Crippen LogP contribution in [0.15, 0.2) is 24.3 Å². The number of amides is 1. The van der Waals surface area contributed by atoms with Crippen molar-refractivity contribution in [1.82, 2.24) is 15.1 Å². The fourth-order valence-corrected chi connectivity index (χ4v) is 1.78. The van der Waals surface area contributed by atoms with E-state index in [1.165, 1.54) is 0 Å². The van der Waals surface area contributed by atoms with E-state index in [4.69, 9.17) is 0 Å². The first-order chi connectivity index (χ1) is 9.97. The molecule has 0 saturated carbocycles. The van der Waals surface area contributed by atoms with Crippen LogP contribution in [0.4, 0.5) is 5.69 Å². The first-order valence-electron chi connectivity index (χ1n) is 7.36. The quantitative estimate of drug-likeness (QED) is 0.719. The van der Waals surface area contributed by atoms with E-state index in [0.29, 0.717) is 13.0 Å². The number of anilines is 1. The number of hydrogen-bond donors (Lipinski definition) is 2. The predicted octanol–water partition coefficient (Wildman–Crippen LogP) is 1.23. The average molecular weight is 292 g/mol. The highest BCUT2D eigenvalue weighted by Gasteiger charge is 2.02. The molecular formula is C16H28N4O. The van der Waals surface area contributed by atoms with Gasteiger partial charge in [-0.15, -0.1) is 0 Å². The zero-order valence-electron chi connectivity index (χ0n) is 13.6. The van der Waals surface area contributed by atoms with E-state index in [-0.39, 0.29) is 5.91 Å². The van der Waals surface area contributed by atoms with Crippen LogP contribution in [0.25, 0.3) is 0 Å². The molecule has 1 aromatic carbocycles.